The Balaban J connectivity index is 1.64. The fourth-order valence-corrected chi connectivity index (χ4v) is 6.59. The molecule has 2 aromatic carbocycles. The van der Waals surface area contributed by atoms with Crippen LogP contribution in [0.15, 0.2) is 45.8 Å². The van der Waals surface area contributed by atoms with Crippen LogP contribution in [0.3, 0.4) is 0 Å². The number of aliphatic hydroxyl groups is 1. The Morgan fingerprint density at radius 2 is 1.93 bits per heavy atom. The lowest BCUT2D eigenvalue weighted by atomic mass is 9.99. The number of fused-ring (bicyclic) bond motifs is 1. The Labute approximate surface area is 250 Å². The molecule has 3 aromatic rings. The van der Waals surface area contributed by atoms with Crippen LogP contribution >= 0.6 is 23.2 Å². The number of nitrogens with one attached hydrogen (secondary N) is 1. The highest BCUT2D eigenvalue weighted by Gasteiger charge is 2.34. The summed E-state index contributed by atoms with van der Waals surface area (Å²) >= 11 is 12.3. The van der Waals surface area contributed by atoms with E-state index in [0.717, 1.165) is 5.56 Å². The minimum absolute atomic E-state index is 0.0544. The number of carbonyl (C=O) groups excluding carboxylic acids is 1. The van der Waals surface area contributed by atoms with Crippen molar-refractivity contribution in [3.05, 3.63) is 69.0 Å². The summed E-state index contributed by atoms with van der Waals surface area (Å²) < 4.78 is 40.2. The van der Waals surface area contributed by atoms with Crippen molar-refractivity contribution in [1.29, 1.82) is 0 Å². The molecule has 0 aliphatic carbocycles. The Bertz CT molecular complexity index is 1510. The van der Waals surface area contributed by atoms with Crippen LogP contribution in [0.1, 0.15) is 41.2 Å². The Morgan fingerprint density at radius 3 is 2.56 bits per heavy atom. The maximum Gasteiger partial charge on any atom is 0.267 e. The van der Waals surface area contributed by atoms with Crippen LogP contribution in [-0.2, 0) is 16.6 Å². The van der Waals surface area contributed by atoms with Gasteiger partial charge in [0.25, 0.3) is 15.9 Å². The number of nitrogens with zero attached hydrogens (tertiary/aromatic N) is 3. The molecule has 0 spiro atoms. The van der Waals surface area contributed by atoms with Crippen molar-refractivity contribution < 1.29 is 27.6 Å². The lowest BCUT2D eigenvalue weighted by Crippen LogP contribution is -2.49. The third-order valence-corrected chi connectivity index (χ3v) is 9.45. The fraction of sp³-hybridized carbons (Fsp3) is 0.429. The molecule has 222 valence electrons. The number of amides is 1. The Hall–Kier alpha value is -2.83. The predicted molar refractivity (Wildman–Crippen MR) is 157 cm³/mol. The number of anilines is 1. The lowest BCUT2D eigenvalue weighted by molar-refractivity contribution is 0.0341. The molecule has 0 saturated carbocycles. The molecule has 3 atom stereocenters. The van der Waals surface area contributed by atoms with Crippen LogP contribution in [0.4, 0.5) is 5.69 Å². The molecule has 41 heavy (non-hydrogen) atoms. The zero-order valence-electron chi connectivity index (χ0n) is 23.5. The molecule has 0 unspecified atom stereocenters. The second-order valence-corrected chi connectivity index (χ2v) is 13.0. The number of likely N-dealkylation sites (N-methyl/N-ethyl adjacent to an activating group) is 1. The Morgan fingerprint density at radius 1 is 1.20 bits per heavy atom. The molecular weight excluding hydrogens is 591 g/mol. The smallest absolute Gasteiger partial charge is 0.267 e. The molecule has 2 heterocycles. The number of halogens is 2. The first-order valence-corrected chi connectivity index (χ1v) is 15.3. The molecule has 1 aromatic heterocycles. The van der Waals surface area contributed by atoms with Gasteiger partial charge < -0.3 is 19.3 Å². The van der Waals surface area contributed by atoms with E-state index in [1.165, 1.54) is 19.9 Å². The van der Waals surface area contributed by atoms with Crippen molar-refractivity contribution in [2.45, 2.75) is 51.3 Å². The van der Waals surface area contributed by atoms with E-state index in [4.69, 9.17) is 32.5 Å². The Kier molecular flexibility index (Phi) is 9.55. The van der Waals surface area contributed by atoms with E-state index < -0.39 is 16.1 Å². The number of benzene rings is 2. The van der Waals surface area contributed by atoms with Gasteiger partial charge in [-0.15, -0.1) is 0 Å². The second-order valence-electron chi connectivity index (χ2n) is 10.5. The van der Waals surface area contributed by atoms with E-state index in [-0.39, 0.29) is 52.1 Å². The van der Waals surface area contributed by atoms with Gasteiger partial charge in [-0.25, -0.2) is 8.42 Å². The SMILES string of the molecule is Cc1noc(C)c1S(=O)(=O)Nc1ccc2c(c1)C(=O)N([C@H](C)CO)C[C@H](C)[C@H](CN(C)Cc1ccc(Cl)c(Cl)c1)O2. The highest BCUT2D eigenvalue weighted by atomic mass is 35.5. The summed E-state index contributed by atoms with van der Waals surface area (Å²) in [6.07, 6.45) is -0.326. The number of aromatic nitrogens is 1. The summed E-state index contributed by atoms with van der Waals surface area (Å²) in [5.74, 6) is 0.0276. The van der Waals surface area contributed by atoms with E-state index >= 15 is 0 Å². The summed E-state index contributed by atoms with van der Waals surface area (Å²) in [6.45, 7) is 8.04. The molecule has 0 saturated heterocycles. The van der Waals surface area contributed by atoms with Crippen molar-refractivity contribution in [3.63, 3.8) is 0 Å². The number of sulfonamides is 1. The van der Waals surface area contributed by atoms with Crippen LogP contribution < -0.4 is 9.46 Å². The first-order chi connectivity index (χ1) is 19.3. The minimum atomic E-state index is -4.03. The van der Waals surface area contributed by atoms with E-state index in [1.54, 1.807) is 30.0 Å². The van der Waals surface area contributed by atoms with Gasteiger partial charge in [-0.2, -0.15) is 0 Å². The third-order valence-electron chi connectivity index (χ3n) is 7.08. The first kappa shape index (κ1) is 31.1. The molecule has 1 aliphatic rings. The van der Waals surface area contributed by atoms with Gasteiger partial charge in [-0.1, -0.05) is 41.3 Å². The third kappa shape index (κ3) is 6.98. The summed E-state index contributed by atoms with van der Waals surface area (Å²) in [6, 6.07) is 9.62. The quantitative estimate of drug-likeness (QED) is 0.349. The van der Waals surface area contributed by atoms with Crippen molar-refractivity contribution in [2.24, 2.45) is 5.92 Å². The summed E-state index contributed by atoms with van der Waals surface area (Å²) in [7, 11) is -2.07. The molecule has 1 amide bonds. The molecule has 4 rings (SSSR count). The molecule has 10 nitrogen and oxygen atoms in total. The topological polar surface area (TPSA) is 125 Å². The van der Waals surface area contributed by atoms with E-state index in [2.05, 4.69) is 14.8 Å². The van der Waals surface area contributed by atoms with Crippen LogP contribution in [0.25, 0.3) is 0 Å². The van der Waals surface area contributed by atoms with Gasteiger partial charge in [0.05, 0.1) is 28.3 Å². The summed E-state index contributed by atoms with van der Waals surface area (Å²) in [4.78, 5) is 17.4. The molecule has 0 bridgehead atoms. The zero-order chi connectivity index (χ0) is 30.1. The molecule has 1 aliphatic heterocycles. The van der Waals surface area contributed by atoms with Crippen molar-refractivity contribution >= 4 is 44.8 Å². The van der Waals surface area contributed by atoms with Gasteiger partial charge >= 0.3 is 0 Å². The van der Waals surface area contributed by atoms with Gasteiger partial charge in [0.15, 0.2) is 10.7 Å². The van der Waals surface area contributed by atoms with Gasteiger partial charge in [0.1, 0.15) is 17.5 Å². The maximum atomic E-state index is 13.7. The number of rotatable bonds is 9. The minimum Gasteiger partial charge on any atom is -0.488 e. The first-order valence-electron chi connectivity index (χ1n) is 13.1. The standard InChI is InChI=1S/C28H34Cl2N4O6S/c1-16-12-34(17(2)15-35)28(36)22-11-21(32-41(37,38)27-18(3)31-40-19(27)4)7-9-25(22)39-26(16)14-33(5)13-20-6-8-23(29)24(30)10-20/h6-11,16-17,26,32,35H,12-15H2,1-5H3/t16-,17+,26-/m0/s1. The normalized spacial score (nSPS) is 18.5. The molecular formula is C28H34Cl2N4O6S. The predicted octanol–water partition coefficient (Wildman–Crippen LogP) is 4.75. The zero-order valence-corrected chi connectivity index (χ0v) is 25.8. The van der Waals surface area contributed by atoms with E-state index in [1.807, 2.05) is 26.1 Å². The largest absolute Gasteiger partial charge is 0.488 e. The van der Waals surface area contributed by atoms with E-state index in [9.17, 15) is 18.3 Å². The monoisotopic (exact) mass is 624 g/mol. The highest BCUT2D eigenvalue weighted by Crippen LogP contribution is 2.32. The lowest BCUT2D eigenvalue weighted by Gasteiger charge is -2.38. The van der Waals surface area contributed by atoms with Gasteiger partial charge in [0.2, 0.25) is 0 Å². The number of aliphatic hydroxyl groups excluding tert-OH is 1. The highest BCUT2D eigenvalue weighted by molar-refractivity contribution is 7.92. The molecule has 13 heteroatoms. The van der Waals surface area contributed by atoms with Crippen LogP contribution in [0.2, 0.25) is 10.0 Å². The molecule has 2 N–H and O–H groups in total. The van der Waals surface area contributed by atoms with Crippen LogP contribution in [0.5, 0.6) is 5.75 Å². The number of hydrogen-bond acceptors (Lipinski definition) is 8. The van der Waals surface area contributed by atoms with Crippen molar-refractivity contribution in [3.8, 4) is 5.75 Å². The number of hydrogen-bond donors (Lipinski definition) is 2. The van der Waals surface area contributed by atoms with Crippen LogP contribution in [-0.4, -0.2) is 73.3 Å². The van der Waals surface area contributed by atoms with Gasteiger partial charge in [0, 0.05) is 31.2 Å². The molecule has 0 radical (unpaired) electrons. The maximum absolute atomic E-state index is 13.7. The number of ether oxygens (including phenoxy) is 1. The number of aryl methyl sites for hydroxylation is 2. The summed E-state index contributed by atoms with van der Waals surface area (Å²) in [5, 5.41) is 14.6. The van der Waals surface area contributed by atoms with Crippen LogP contribution in [0, 0.1) is 19.8 Å². The molecule has 0 fully saturated rings. The summed E-state index contributed by atoms with van der Waals surface area (Å²) in [5.41, 5.74) is 1.58. The average Bonchev–Trinajstić information content (AvgIpc) is 3.26. The van der Waals surface area contributed by atoms with Gasteiger partial charge in [-0.05, 0) is 63.7 Å². The second kappa shape index (κ2) is 12.6. The average molecular weight is 626 g/mol. The van der Waals surface area contributed by atoms with E-state index in [0.29, 0.717) is 35.4 Å². The number of carbonyl (C=O) groups is 1. The van der Waals surface area contributed by atoms with Crippen molar-refractivity contribution in [2.75, 3.05) is 31.5 Å². The van der Waals surface area contributed by atoms with Gasteiger partial charge in [-0.3, -0.25) is 14.4 Å². The fourth-order valence-electron chi connectivity index (χ4n) is 4.89. The van der Waals surface area contributed by atoms with Crippen molar-refractivity contribution in [1.82, 2.24) is 15.0 Å².